The number of hydrogen-bond acceptors (Lipinski definition) is 6. The number of nitro groups is 1. The Morgan fingerprint density at radius 1 is 1.23 bits per heavy atom. The van der Waals surface area contributed by atoms with Crippen molar-refractivity contribution in [2.45, 2.75) is 19.4 Å². The van der Waals surface area contributed by atoms with Crippen LogP contribution in [0.5, 0.6) is 0 Å². The maximum Gasteiger partial charge on any atom is 0.270 e. The molecule has 1 atom stereocenters. The number of nitrogens with zero attached hydrogens (tertiary/aromatic N) is 3. The lowest BCUT2D eigenvalue weighted by Gasteiger charge is -2.32. The highest BCUT2D eigenvalue weighted by Crippen LogP contribution is 2.33. The van der Waals surface area contributed by atoms with Gasteiger partial charge in [0.1, 0.15) is 0 Å². The van der Waals surface area contributed by atoms with Crippen molar-refractivity contribution in [3.05, 3.63) is 81.4 Å². The number of carbonyl (C=O) groups excluding carboxylic acids is 2. The fourth-order valence-corrected chi connectivity index (χ4v) is 4.24. The van der Waals surface area contributed by atoms with Crippen LogP contribution in [0.3, 0.4) is 0 Å². The van der Waals surface area contributed by atoms with E-state index in [0.717, 1.165) is 11.1 Å². The first-order valence-electron chi connectivity index (χ1n) is 9.48. The zero-order valence-corrected chi connectivity index (χ0v) is 17.3. The summed E-state index contributed by atoms with van der Waals surface area (Å²) in [5.41, 5.74) is 3.00. The highest BCUT2D eigenvalue weighted by atomic mass is 32.1. The van der Waals surface area contributed by atoms with Crippen LogP contribution in [0.15, 0.2) is 60.1 Å². The second-order valence-electron chi connectivity index (χ2n) is 6.98. The molecule has 0 fully saturated rings. The lowest BCUT2D eigenvalue weighted by Crippen LogP contribution is -2.33. The fourth-order valence-electron chi connectivity index (χ4n) is 3.50. The molecule has 31 heavy (non-hydrogen) atoms. The Kier molecular flexibility index (Phi) is 5.59. The molecule has 1 N–H and O–H groups in total. The van der Waals surface area contributed by atoms with E-state index in [-0.39, 0.29) is 23.9 Å². The molecular formula is C22H18N4O4S. The number of non-ortho nitro benzene ring substituents is 1. The van der Waals surface area contributed by atoms with Crippen molar-refractivity contribution in [2.24, 2.45) is 0 Å². The Balaban J connectivity index is 1.50. The van der Waals surface area contributed by atoms with Crippen LogP contribution < -0.4 is 5.32 Å². The Morgan fingerprint density at radius 3 is 2.81 bits per heavy atom. The molecular weight excluding hydrogens is 416 g/mol. The summed E-state index contributed by atoms with van der Waals surface area (Å²) < 4.78 is 0. The minimum atomic E-state index is -0.463. The predicted molar refractivity (Wildman–Crippen MR) is 118 cm³/mol. The van der Waals surface area contributed by atoms with E-state index in [9.17, 15) is 19.7 Å². The molecule has 156 valence electrons. The van der Waals surface area contributed by atoms with E-state index < -0.39 is 11.0 Å². The number of nitrogens with one attached hydrogen (secondary N) is 1. The summed E-state index contributed by atoms with van der Waals surface area (Å²) in [4.78, 5) is 41.3. The first-order valence-corrected chi connectivity index (χ1v) is 10.4. The lowest BCUT2D eigenvalue weighted by atomic mass is 9.93. The Morgan fingerprint density at radius 2 is 2.03 bits per heavy atom. The molecule has 0 saturated heterocycles. The van der Waals surface area contributed by atoms with E-state index in [2.05, 4.69) is 10.3 Å². The molecule has 1 aromatic heterocycles. The van der Waals surface area contributed by atoms with Crippen molar-refractivity contribution in [2.75, 3.05) is 5.32 Å². The van der Waals surface area contributed by atoms with E-state index in [0.29, 0.717) is 16.4 Å². The number of rotatable bonds is 5. The Labute approximate surface area is 182 Å². The summed E-state index contributed by atoms with van der Waals surface area (Å²) in [7, 11) is 0. The molecule has 8 nitrogen and oxygen atoms in total. The van der Waals surface area contributed by atoms with Gasteiger partial charge in [0.2, 0.25) is 11.8 Å². The smallest absolute Gasteiger partial charge is 0.270 e. The van der Waals surface area contributed by atoms with Gasteiger partial charge in [-0.1, -0.05) is 36.4 Å². The highest BCUT2D eigenvalue weighted by molar-refractivity contribution is 7.14. The second kappa shape index (κ2) is 8.49. The molecule has 9 heteroatoms. The normalized spacial score (nSPS) is 14.7. The minimum Gasteiger partial charge on any atom is -0.311 e. The van der Waals surface area contributed by atoms with Gasteiger partial charge in [0.25, 0.3) is 5.69 Å². The fraction of sp³-hybridized carbons (Fsp3) is 0.136. The van der Waals surface area contributed by atoms with Gasteiger partial charge in [-0.25, -0.2) is 4.98 Å². The number of hydrogen-bond donors (Lipinski definition) is 1. The van der Waals surface area contributed by atoms with Gasteiger partial charge < -0.3 is 10.2 Å². The maximum atomic E-state index is 12.8. The largest absolute Gasteiger partial charge is 0.311 e. The topological polar surface area (TPSA) is 105 Å². The van der Waals surface area contributed by atoms with Crippen molar-refractivity contribution in [3.63, 3.8) is 0 Å². The number of aromatic nitrogens is 1. The van der Waals surface area contributed by atoms with Crippen molar-refractivity contribution >= 4 is 40.0 Å². The average molecular weight is 434 g/mol. The number of carbonyl (C=O) groups is 2. The molecule has 0 bridgehead atoms. The van der Waals surface area contributed by atoms with Gasteiger partial charge in [-0.05, 0) is 17.2 Å². The number of anilines is 1. The molecule has 1 aliphatic rings. The quantitative estimate of drug-likeness (QED) is 0.466. The third kappa shape index (κ3) is 4.36. The van der Waals surface area contributed by atoms with Gasteiger partial charge in [0, 0.05) is 36.2 Å². The van der Waals surface area contributed by atoms with Gasteiger partial charge in [-0.15, -0.1) is 11.3 Å². The Bertz CT molecular complexity index is 1200. The monoisotopic (exact) mass is 434 g/mol. The van der Waals surface area contributed by atoms with Crippen LogP contribution in [0, 0.1) is 10.1 Å². The van der Waals surface area contributed by atoms with Crippen LogP contribution >= 0.6 is 11.3 Å². The standard InChI is InChI=1S/C22H18N4O4S/c1-14(27)25-10-9-15-5-2-3-8-18(15)20(25)12-21(28)24-22-23-19(13-31-22)16-6-4-7-17(11-16)26(29)30/h2-11,13,20H,12H2,1H3,(H,23,24,28). The molecule has 2 aromatic carbocycles. The average Bonchev–Trinajstić information content (AvgIpc) is 3.22. The zero-order valence-electron chi connectivity index (χ0n) is 16.5. The van der Waals surface area contributed by atoms with E-state index in [4.69, 9.17) is 0 Å². The Hall–Kier alpha value is -3.85. The summed E-state index contributed by atoms with van der Waals surface area (Å²) in [5.74, 6) is -0.424. The third-order valence-corrected chi connectivity index (χ3v) is 5.71. The second-order valence-corrected chi connectivity index (χ2v) is 7.84. The number of benzene rings is 2. The minimum absolute atomic E-state index is 0.0237. The molecule has 0 aliphatic carbocycles. The first kappa shape index (κ1) is 20.4. The summed E-state index contributed by atoms with van der Waals surface area (Å²) in [6.07, 6.45) is 3.64. The molecule has 2 amide bonds. The van der Waals surface area contributed by atoms with Crippen LogP contribution in [-0.2, 0) is 9.59 Å². The number of thiazole rings is 1. The van der Waals surface area contributed by atoms with Gasteiger partial charge in [0.15, 0.2) is 5.13 Å². The zero-order chi connectivity index (χ0) is 22.0. The van der Waals surface area contributed by atoms with Crippen LogP contribution in [-0.4, -0.2) is 26.6 Å². The molecule has 0 spiro atoms. The van der Waals surface area contributed by atoms with E-state index in [1.165, 1.54) is 30.4 Å². The number of fused-ring (bicyclic) bond motifs is 1. The van der Waals surface area contributed by atoms with Gasteiger partial charge in [-0.2, -0.15) is 0 Å². The third-order valence-electron chi connectivity index (χ3n) is 4.95. The van der Waals surface area contributed by atoms with Gasteiger partial charge >= 0.3 is 0 Å². The molecule has 3 aromatic rings. The van der Waals surface area contributed by atoms with Crippen LogP contribution in [0.2, 0.25) is 0 Å². The summed E-state index contributed by atoms with van der Waals surface area (Å²) in [6, 6.07) is 13.4. The molecule has 4 rings (SSSR count). The van der Waals surface area contributed by atoms with Gasteiger partial charge in [0.05, 0.1) is 23.1 Å². The SMILES string of the molecule is CC(=O)N1C=Cc2ccccc2C1CC(=O)Nc1nc(-c2cccc([N+](=O)[O-])c2)cs1. The van der Waals surface area contributed by atoms with Gasteiger partial charge in [-0.3, -0.25) is 19.7 Å². The van der Waals surface area contributed by atoms with E-state index in [1.54, 1.807) is 28.6 Å². The van der Waals surface area contributed by atoms with Crippen molar-refractivity contribution < 1.29 is 14.5 Å². The van der Waals surface area contributed by atoms with Crippen LogP contribution in [0.1, 0.15) is 30.5 Å². The van der Waals surface area contributed by atoms with E-state index in [1.807, 2.05) is 30.3 Å². The number of nitro benzene ring substituents is 1. The predicted octanol–water partition coefficient (Wildman–Crippen LogP) is 4.62. The van der Waals surface area contributed by atoms with Crippen molar-refractivity contribution in [3.8, 4) is 11.3 Å². The van der Waals surface area contributed by atoms with Crippen molar-refractivity contribution in [1.82, 2.24) is 9.88 Å². The lowest BCUT2D eigenvalue weighted by molar-refractivity contribution is -0.384. The highest BCUT2D eigenvalue weighted by Gasteiger charge is 2.28. The molecule has 2 heterocycles. The first-order chi connectivity index (χ1) is 14.9. The maximum absolute atomic E-state index is 12.8. The molecule has 1 aliphatic heterocycles. The summed E-state index contributed by atoms with van der Waals surface area (Å²) in [6.45, 7) is 1.47. The molecule has 0 saturated carbocycles. The molecule has 0 radical (unpaired) electrons. The molecule has 1 unspecified atom stereocenters. The summed E-state index contributed by atoms with van der Waals surface area (Å²) in [5, 5.41) is 15.9. The van der Waals surface area contributed by atoms with Crippen molar-refractivity contribution in [1.29, 1.82) is 0 Å². The summed E-state index contributed by atoms with van der Waals surface area (Å²) >= 11 is 1.23. The van der Waals surface area contributed by atoms with Crippen LogP contribution in [0.25, 0.3) is 17.3 Å². The van der Waals surface area contributed by atoms with E-state index >= 15 is 0 Å². The van der Waals surface area contributed by atoms with Crippen LogP contribution in [0.4, 0.5) is 10.8 Å². The number of amides is 2.